The van der Waals surface area contributed by atoms with Gasteiger partial charge >= 0.3 is 5.97 Å². The molecule has 6 rings (SSSR count). The van der Waals surface area contributed by atoms with Crippen LogP contribution in [0.3, 0.4) is 0 Å². The molecule has 14 atom stereocenters. The number of rotatable bonds is 4. The molecule has 5 fully saturated rings. The molecule has 4 saturated carbocycles. The van der Waals surface area contributed by atoms with E-state index in [1.807, 2.05) is 6.92 Å². The lowest BCUT2D eigenvalue weighted by molar-refractivity contribution is -0.309. The Morgan fingerprint density at radius 3 is 2.49 bits per heavy atom. The highest BCUT2D eigenvalue weighted by molar-refractivity contribution is 5.85. The molecule has 10 nitrogen and oxygen atoms in total. The lowest BCUT2D eigenvalue weighted by Crippen LogP contribution is -2.63. The summed E-state index contributed by atoms with van der Waals surface area (Å²) in [6.45, 7) is 3.80. The lowest BCUT2D eigenvalue weighted by atomic mass is 9.43. The van der Waals surface area contributed by atoms with E-state index in [9.17, 15) is 35.1 Å². The fourth-order valence-electron chi connectivity index (χ4n) is 9.82. The number of aliphatic hydroxyl groups is 5. The Balaban J connectivity index is 1.21. The van der Waals surface area contributed by atoms with Gasteiger partial charge in [0.2, 0.25) is 0 Å². The summed E-state index contributed by atoms with van der Waals surface area (Å²) in [6.07, 6.45) is 0.686. The van der Waals surface area contributed by atoms with Crippen molar-refractivity contribution in [3.8, 4) is 0 Å². The molecule has 0 amide bonds. The quantitative estimate of drug-likeness (QED) is 0.190. The third-order valence-electron chi connectivity index (χ3n) is 11.8. The maximum absolute atomic E-state index is 12.9. The largest absolute Gasteiger partial charge is 0.458 e. The Bertz CT molecular complexity index is 1030. The topological polar surface area (TPSA) is 163 Å². The van der Waals surface area contributed by atoms with Gasteiger partial charge in [0.1, 0.15) is 31.2 Å². The van der Waals surface area contributed by atoms with Crippen LogP contribution < -0.4 is 0 Å². The Kier molecular flexibility index (Phi) is 6.81. The van der Waals surface area contributed by atoms with E-state index in [2.05, 4.69) is 0 Å². The van der Waals surface area contributed by atoms with Gasteiger partial charge in [0.25, 0.3) is 0 Å². The molecular formula is C29H42O10. The van der Waals surface area contributed by atoms with E-state index in [4.69, 9.17) is 14.2 Å². The van der Waals surface area contributed by atoms with Gasteiger partial charge < -0.3 is 44.5 Å². The molecule has 0 aromatic carbocycles. The maximum Gasteiger partial charge on any atom is 0.331 e. The molecule has 0 aromatic rings. The maximum atomic E-state index is 12.9. The molecule has 2 aliphatic heterocycles. The number of aliphatic hydroxyl groups excluding tert-OH is 4. The van der Waals surface area contributed by atoms with Gasteiger partial charge in [-0.1, -0.05) is 6.92 Å². The zero-order valence-corrected chi connectivity index (χ0v) is 22.6. The van der Waals surface area contributed by atoms with Crippen molar-refractivity contribution in [1.82, 2.24) is 0 Å². The Hall–Kier alpha value is -1.40. The molecule has 39 heavy (non-hydrogen) atoms. The molecule has 1 saturated heterocycles. The van der Waals surface area contributed by atoms with Gasteiger partial charge in [-0.15, -0.1) is 0 Å². The highest BCUT2D eigenvalue weighted by Gasteiger charge is 2.70. The van der Waals surface area contributed by atoms with Crippen LogP contribution in [0.4, 0.5) is 0 Å². The Morgan fingerprint density at radius 1 is 1.03 bits per heavy atom. The molecule has 0 radical (unpaired) electrons. The van der Waals surface area contributed by atoms with Gasteiger partial charge in [0.15, 0.2) is 6.29 Å². The minimum absolute atomic E-state index is 0.0253. The standard InChI is InChI=1S/C29H42O10/c1-14-23(33)24(34)25(35)26(38-14)39-17-5-8-28(13-30)16(10-17)3-4-19-18(28)6-7-27(2)22(15-9-21(32)37-12-15)20(31)11-29(19,27)36/h9,13-14,16-20,22-26,31,33-36H,3-8,10-12H2,1-2H3/t14-,16?,17?,18-,19+,20?,22-,23-,24+,25+,26-,27+,28+,29-/m0/s1. The molecule has 10 heteroatoms. The summed E-state index contributed by atoms with van der Waals surface area (Å²) >= 11 is 0. The summed E-state index contributed by atoms with van der Waals surface area (Å²) in [5.41, 5.74) is -1.64. The fraction of sp³-hybridized carbons (Fsp3) is 0.862. The normalized spacial score (nSPS) is 55.2. The van der Waals surface area contributed by atoms with Crippen molar-refractivity contribution in [3.05, 3.63) is 11.6 Å². The smallest absolute Gasteiger partial charge is 0.331 e. The summed E-state index contributed by atoms with van der Waals surface area (Å²) in [6, 6.07) is 0. The summed E-state index contributed by atoms with van der Waals surface area (Å²) < 4.78 is 16.9. The third kappa shape index (κ3) is 3.93. The number of hydrogen-bond acceptors (Lipinski definition) is 10. The van der Waals surface area contributed by atoms with Crippen LogP contribution >= 0.6 is 0 Å². The molecule has 3 unspecified atom stereocenters. The number of aldehydes is 1. The van der Waals surface area contributed by atoms with Crippen molar-refractivity contribution >= 4 is 12.3 Å². The van der Waals surface area contributed by atoms with Crippen molar-refractivity contribution < 1.29 is 49.3 Å². The first kappa shape index (κ1) is 27.8. The second kappa shape index (κ2) is 9.58. The van der Waals surface area contributed by atoms with Crippen LogP contribution in [0, 0.1) is 34.5 Å². The van der Waals surface area contributed by atoms with Gasteiger partial charge in [-0.2, -0.15) is 0 Å². The van der Waals surface area contributed by atoms with E-state index in [1.54, 1.807) is 6.92 Å². The molecule has 218 valence electrons. The summed E-state index contributed by atoms with van der Waals surface area (Å²) in [5.74, 6) is -0.892. The second-order valence-electron chi connectivity index (χ2n) is 13.4. The van der Waals surface area contributed by atoms with Crippen LogP contribution in [0.1, 0.15) is 65.2 Å². The molecule has 0 spiro atoms. The predicted molar refractivity (Wildman–Crippen MR) is 135 cm³/mol. The predicted octanol–water partition coefficient (Wildman–Crippen LogP) is 0.606. The fourth-order valence-corrected chi connectivity index (χ4v) is 9.82. The summed E-state index contributed by atoms with van der Waals surface area (Å²) in [5, 5.41) is 54.1. The van der Waals surface area contributed by atoms with Crippen molar-refractivity contribution in [3.63, 3.8) is 0 Å². The first-order chi connectivity index (χ1) is 18.4. The average molecular weight is 551 g/mol. The van der Waals surface area contributed by atoms with Crippen LogP contribution in [-0.4, -0.2) is 92.9 Å². The van der Waals surface area contributed by atoms with E-state index in [0.29, 0.717) is 25.7 Å². The minimum atomic E-state index is -1.37. The van der Waals surface area contributed by atoms with E-state index < -0.39 is 59.2 Å². The van der Waals surface area contributed by atoms with E-state index in [-0.39, 0.29) is 42.8 Å². The minimum Gasteiger partial charge on any atom is -0.458 e. The van der Waals surface area contributed by atoms with Gasteiger partial charge in [-0.25, -0.2) is 4.79 Å². The molecule has 0 aromatic heterocycles. The van der Waals surface area contributed by atoms with Crippen LogP contribution in [0.25, 0.3) is 0 Å². The first-order valence-corrected chi connectivity index (χ1v) is 14.5. The molecular weight excluding hydrogens is 508 g/mol. The van der Waals surface area contributed by atoms with Crippen LogP contribution in [0.15, 0.2) is 11.6 Å². The van der Waals surface area contributed by atoms with E-state index >= 15 is 0 Å². The van der Waals surface area contributed by atoms with Gasteiger partial charge in [-0.05, 0) is 75.2 Å². The van der Waals surface area contributed by atoms with Crippen LogP contribution in [0.2, 0.25) is 0 Å². The Morgan fingerprint density at radius 2 is 1.79 bits per heavy atom. The highest BCUT2D eigenvalue weighted by atomic mass is 16.7. The third-order valence-corrected chi connectivity index (χ3v) is 11.8. The zero-order chi connectivity index (χ0) is 27.9. The molecule has 5 N–H and O–H groups in total. The van der Waals surface area contributed by atoms with Gasteiger partial charge in [-0.3, -0.25) is 0 Å². The molecule has 2 heterocycles. The van der Waals surface area contributed by atoms with Crippen LogP contribution in [-0.2, 0) is 23.8 Å². The van der Waals surface area contributed by atoms with Crippen molar-refractivity contribution in [2.75, 3.05) is 6.61 Å². The van der Waals surface area contributed by atoms with E-state index in [0.717, 1.165) is 31.1 Å². The van der Waals surface area contributed by atoms with Crippen LogP contribution in [0.5, 0.6) is 0 Å². The summed E-state index contributed by atoms with van der Waals surface area (Å²) in [7, 11) is 0. The molecule has 0 bridgehead atoms. The SMILES string of the molecule is C[C@@H]1O[C@@H](OC2CC[C@@]3(C=O)C(CC[C@@H]4[C@@H]3CC[C@]3(C)[C@@H](C5=CC(=O)OC5)C(O)C[C@]43O)C2)[C@H](O)[C@H](O)[C@H]1O. The average Bonchev–Trinajstić information content (AvgIpc) is 3.41. The zero-order valence-electron chi connectivity index (χ0n) is 22.6. The highest BCUT2D eigenvalue weighted by Crippen LogP contribution is 2.69. The number of esters is 1. The second-order valence-corrected chi connectivity index (χ2v) is 13.4. The van der Waals surface area contributed by atoms with Crippen molar-refractivity contribution in [1.29, 1.82) is 0 Å². The van der Waals surface area contributed by atoms with E-state index in [1.165, 1.54) is 6.08 Å². The monoisotopic (exact) mass is 550 g/mol. The van der Waals surface area contributed by atoms with Crippen molar-refractivity contribution in [2.45, 2.75) is 114 Å². The Labute approximate surface area is 228 Å². The number of cyclic esters (lactones) is 1. The molecule has 6 aliphatic rings. The van der Waals surface area contributed by atoms with Crippen molar-refractivity contribution in [2.24, 2.45) is 34.5 Å². The molecule has 4 aliphatic carbocycles. The number of carbonyl (C=O) groups is 2. The number of carbonyl (C=O) groups excluding carboxylic acids is 2. The number of fused-ring (bicyclic) bond motifs is 5. The summed E-state index contributed by atoms with van der Waals surface area (Å²) in [4.78, 5) is 24.7. The first-order valence-electron chi connectivity index (χ1n) is 14.5. The number of ether oxygens (including phenoxy) is 3. The van der Waals surface area contributed by atoms with Gasteiger partial charge in [0, 0.05) is 29.2 Å². The number of hydrogen-bond donors (Lipinski definition) is 5. The lowest BCUT2D eigenvalue weighted by Gasteiger charge is -2.63. The van der Waals surface area contributed by atoms with Gasteiger partial charge in [0.05, 0.1) is 23.9 Å².